The third-order valence-electron chi connectivity index (χ3n) is 6.17. The molecule has 3 saturated carbocycles. The van der Waals surface area contributed by atoms with Crippen LogP contribution in [0.3, 0.4) is 0 Å². The molecule has 8 nitrogen and oxygen atoms in total. The fourth-order valence-corrected chi connectivity index (χ4v) is 4.65. The summed E-state index contributed by atoms with van der Waals surface area (Å²) in [6.07, 6.45) is 3.93. The number of fused-ring (bicyclic) bond motifs is 1. The summed E-state index contributed by atoms with van der Waals surface area (Å²) >= 11 is 0. The first-order valence-electron chi connectivity index (χ1n) is 9.11. The van der Waals surface area contributed by atoms with Crippen LogP contribution in [0.1, 0.15) is 29.6 Å². The second-order valence-electron chi connectivity index (χ2n) is 7.92. The Balaban J connectivity index is 1.73. The van der Waals surface area contributed by atoms with Crippen LogP contribution in [-0.2, 0) is 5.54 Å². The lowest BCUT2D eigenvalue weighted by molar-refractivity contribution is -0.0864. The summed E-state index contributed by atoms with van der Waals surface area (Å²) in [5.41, 5.74) is 5.04. The summed E-state index contributed by atoms with van der Waals surface area (Å²) in [6, 6.07) is 1.13. The number of piperazine rings is 1. The van der Waals surface area contributed by atoms with Gasteiger partial charge in [-0.15, -0.1) is 0 Å². The van der Waals surface area contributed by atoms with E-state index in [-0.39, 0.29) is 28.5 Å². The minimum absolute atomic E-state index is 0.0142. The van der Waals surface area contributed by atoms with E-state index >= 15 is 0 Å². The minimum Gasteiger partial charge on any atom is -0.477 e. The molecule has 2 aromatic heterocycles. The van der Waals surface area contributed by atoms with Crippen molar-refractivity contribution in [3.8, 4) is 0 Å². The van der Waals surface area contributed by atoms with Gasteiger partial charge in [-0.2, -0.15) is 0 Å². The monoisotopic (exact) mass is 373 g/mol. The SMILES string of the molecule is NC1CN(c2nc3c(cc2F)c(=O)c(C(=O)O)cn3C23CC(C2)C3)CCN1. The van der Waals surface area contributed by atoms with Crippen LogP contribution >= 0.6 is 0 Å². The smallest absolute Gasteiger partial charge is 0.341 e. The number of carboxylic acid groups (broad SMARTS) is 1. The van der Waals surface area contributed by atoms with Crippen LogP contribution < -0.4 is 21.4 Å². The largest absolute Gasteiger partial charge is 0.477 e. The topological polar surface area (TPSA) is 113 Å². The van der Waals surface area contributed by atoms with E-state index in [1.807, 2.05) is 0 Å². The summed E-state index contributed by atoms with van der Waals surface area (Å²) in [6.45, 7) is 1.56. The summed E-state index contributed by atoms with van der Waals surface area (Å²) in [7, 11) is 0. The number of anilines is 1. The Kier molecular flexibility index (Phi) is 3.38. The highest BCUT2D eigenvalue weighted by Gasteiger charge is 2.58. The summed E-state index contributed by atoms with van der Waals surface area (Å²) in [5, 5.41) is 12.5. The highest BCUT2D eigenvalue weighted by molar-refractivity contribution is 5.92. The molecule has 142 valence electrons. The molecule has 9 heteroatoms. The average molecular weight is 373 g/mol. The second kappa shape index (κ2) is 5.49. The number of carbonyl (C=O) groups is 1. The molecule has 1 atom stereocenters. The molecule has 0 aromatic carbocycles. The van der Waals surface area contributed by atoms with Gasteiger partial charge < -0.3 is 20.3 Å². The van der Waals surface area contributed by atoms with Crippen LogP contribution in [-0.4, -0.2) is 46.4 Å². The quantitative estimate of drug-likeness (QED) is 0.715. The Bertz CT molecular complexity index is 1020. The molecule has 0 radical (unpaired) electrons. The lowest BCUT2D eigenvalue weighted by Crippen LogP contribution is -2.59. The molecule has 1 unspecified atom stereocenters. The second-order valence-corrected chi connectivity index (χ2v) is 7.92. The first-order valence-corrected chi connectivity index (χ1v) is 9.11. The molecule has 1 aliphatic heterocycles. The Morgan fingerprint density at radius 3 is 2.74 bits per heavy atom. The number of halogens is 1. The van der Waals surface area contributed by atoms with E-state index in [2.05, 4.69) is 10.3 Å². The molecule has 4 N–H and O–H groups in total. The fourth-order valence-electron chi connectivity index (χ4n) is 4.65. The van der Waals surface area contributed by atoms with Crippen molar-refractivity contribution in [2.45, 2.75) is 31.0 Å². The number of nitrogens with one attached hydrogen (secondary N) is 1. The van der Waals surface area contributed by atoms with Crippen molar-refractivity contribution in [1.29, 1.82) is 0 Å². The van der Waals surface area contributed by atoms with Gasteiger partial charge in [-0.3, -0.25) is 10.1 Å². The number of nitrogens with two attached hydrogens (primary N) is 1. The van der Waals surface area contributed by atoms with Crippen LogP contribution in [0.15, 0.2) is 17.1 Å². The Morgan fingerprint density at radius 2 is 2.15 bits per heavy atom. The first-order chi connectivity index (χ1) is 12.9. The number of pyridine rings is 2. The standard InChI is InChI=1S/C18H20FN5O3/c19-12-3-10-14(25)11(17(26)27)7-24(18-4-9(5-18)6-18)15(10)22-16(12)23-2-1-21-13(20)8-23/h3,7,9,13,21H,1-2,4-6,8,20H2,(H,26,27). The Morgan fingerprint density at radius 1 is 1.41 bits per heavy atom. The first kappa shape index (κ1) is 16.6. The number of aromatic carboxylic acids is 1. The van der Waals surface area contributed by atoms with E-state index in [1.165, 1.54) is 6.20 Å². The zero-order valence-electron chi connectivity index (χ0n) is 14.6. The van der Waals surface area contributed by atoms with Crippen molar-refractivity contribution in [3.05, 3.63) is 33.9 Å². The molecule has 27 heavy (non-hydrogen) atoms. The van der Waals surface area contributed by atoms with Crippen molar-refractivity contribution >= 4 is 22.8 Å². The number of hydrogen-bond donors (Lipinski definition) is 3. The van der Waals surface area contributed by atoms with Gasteiger partial charge in [-0.25, -0.2) is 14.2 Å². The van der Waals surface area contributed by atoms with Gasteiger partial charge in [0.05, 0.1) is 11.6 Å². The van der Waals surface area contributed by atoms with E-state index in [9.17, 15) is 19.1 Å². The minimum atomic E-state index is -1.31. The van der Waals surface area contributed by atoms with Gasteiger partial charge in [0.15, 0.2) is 11.6 Å². The summed E-state index contributed by atoms with van der Waals surface area (Å²) in [5.74, 6) is -1.14. The van der Waals surface area contributed by atoms with Crippen molar-refractivity contribution in [2.24, 2.45) is 11.7 Å². The maximum atomic E-state index is 14.8. The van der Waals surface area contributed by atoms with Gasteiger partial charge in [0.1, 0.15) is 11.2 Å². The number of aromatic nitrogens is 2. The van der Waals surface area contributed by atoms with Crippen LogP contribution in [0.2, 0.25) is 0 Å². The molecule has 2 bridgehead atoms. The molecular formula is C18H20FN5O3. The molecule has 1 saturated heterocycles. The van der Waals surface area contributed by atoms with Crippen LogP contribution in [0.4, 0.5) is 10.2 Å². The third kappa shape index (κ3) is 2.31. The van der Waals surface area contributed by atoms with Gasteiger partial charge in [0, 0.05) is 31.4 Å². The molecule has 2 aromatic rings. The Hall–Kier alpha value is -2.52. The molecular weight excluding hydrogens is 353 g/mol. The lowest BCUT2D eigenvalue weighted by Gasteiger charge is -2.62. The molecule has 3 heterocycles. The molecule has 6 rings (SSSR count). The van der Waals surface area contributed by atoms with E-state index < -0.39 is 17.2 Å². The maximum absolute atomic E-state index is 14.8. The summed E-state index contributed by atoms with van der Waals surface area (Å²) < 4.78 is 16.6. The molecule has 0 amide bonds. The van der Waals surface area contributed by atoms with Crippen molar-refractivity contribution < 1.29 is 14.3 Å². The van der Waals surface area contributed by atoms with E-state index in [0.717, 1.165) is 25.3 Å². The number of rotatable bonds is 3. The van der Waals surface area contributed by atoms with Gasteiger partial charge >= 0.3 is 5.97 Å². The van der Waals surface area contributed by atoms with Gasteiger partial charge in [0.25, 0.3) is 0 Å². The normalized spacial score (nSPS) is 29.3. The lowest BCUT2D eigenvalue weighted by atomic mass is 9.49. The number of carboxylic acids is 1. The molecule has 4 fully saturated rings. The maximum Gasteiger partial charge on any atom is 0.341 e. The van der Waals surface area contributed by atoms with E-state index in [1.54, 1.807) is 9.47 Å². The zero-order chi connectivity index (χ0) is 18.9. The third-order valence-corrected chi connectivity index (χ3v) is 6.17. The van der Waals surface area contributed by atoms with Gasteiger partial charge in [-0.1, -0.05) is 0 Å². The predicted molar refractivity (Wildman–Crippen MR) is 96.4 cm³/mol. The molecule has 3 aliphatic carbocycles. The van der Waals surface area contributed by atoms with E-state index in [0.29, 0.717) is 31.2 Å². The highest BCUT2D eigenvalue weighted by atomic mass is 19.1. The highest BCUT2D eigenvalue weighted by Crippen LogP contribution is 2.62. The number of hydrogen-bond acceptors (Lipinski definition) is 6. The van der Waals surface area contributed by atoms with Crippen LogP contribution in [0.25, 0.3) is 11.0 Å². The molecule has 0 spiro atoms. The Labute approximate surface area is 153 Å². The van der Waals surface area contributed by atoms with Gasteiger partial charge in [0.2, 0.25) is 5.43 Å². The van der Waals surface area contributed by atoms with Crippen molar-refractivity contribution in [3.63, 3.8) is 0 Å². The van der Waals surface area contributed by atoms with Crippen molar-refractivity contribution in [2.75, 3.05) is 24.5 Å². The van der Waals surface area contributed by atoms with Crippen molar-refractivity contribution in [1.82, 2.24) is 14.9 Å². The predicted octanol–water partition coefficient (Wildman–Crippen LogP) is 0.437. The summed E-state index contributed by atoms with van der Waals surface area (Å²) in [4.78, 5) is 30.4. The van der Waals surface area contributed by atoms with Gasteiger partial charge in [-0.05, 0) is 31.2 Å². The average Bonchev–Trinajstić information content (AvgIpc) is 2.54. The number of nitrogens with zero attached hydrogens (tertiary/aromatic N) is 3. The molecule has 4 aliphatic rings. The van der Waals surface area contributed by atoms with E-state index in [4.69, 9.17) is 5.73 Å². The fraction of sp³-hybridized carbons (Fsp3) is 0.500. The zero-order valence-corrected chi connectivity index (χ0v) is 14.6. The van der Waals surface area contributed by atoms with Crippen LogP contribution in [0, 0.1) is 11.7 Å². The van der Waals surface area contributed by atoms with Crippen LogP contribution in [0.5, 0.6) is 0 Å².